The van der Waals surface area contributed by atoms with E-state index in [2.05, 4.69) is 44.9 Å². The maximum Gasteiger partial charge on any atom is 0.236 e. The van der Waals surface area contributed by atoms with Crippen LogP contribution in [0.4, 0.5) is 11.5 Å². The van der Waals surface area contributed by atoms with Gasteiger partial charge in [0.2, 0.25) is 5.91 Å². The normalized spacial score (nSPS) is 10.7. The van der Waals surface area contributed by atoms with Crippen LogP contribution >= 0.6 is 11.8 Å². The van der Waals surface area contributed by atoms with Gasteiger partial charge in [-0.15, -0.1) is 10.2 Å². The lowest BCUT2D eigenvalue weighted by Crippen LogP contribution is -2.15. The highest BCUT2D eigenvalue weighted by molar-refractivity contribution is 7.99. The summed E-state index contributed by atoms with van der Waals surface area (Å²) in [7, 11) is 0. The van der Waals surface area contributed by atoms with Gasteiger partial charge in [-0.3, -0.25) is 9.36 Å². The number of amides is 1. The van der Waals surface area contributed by atoms with E-state index in [0.717, 1.165) is 22.8 Å². The monoisotopic (exact) mass is 444 g/mol. The Bertz CT molecular complexity index is 1190. The van der Waals surface area contributed by atoms with Crippen LogP contribution in [-0.2, 0) is 11.3 Å². The smallest absolute Gasteiger partial charge is 0.236 e. The molecule has 2 heterocycles. The second-order valence-corrected chi connectivity index (χ2v) is 8.29. The lowest BCUT2D eigenvalue weighted by atomic mass is 10.2. The number of nitrogens with zero attached hydrogens (tertiary/aromatic N) is 4. The molecular weight excluding hydrogens is 420 g/mol. The minimum absolute atomic E-state index is 0.143. The molecule has 4 aromatic rings. The lowest BCUT2D eigenvalue weighted by Gasteiger charge is -2.11. The number of carbonyl (C=O) groups is 1. The first-order valence-electron chi connectivity index (χ1n) is 10.2. The van der Waals surface area contributed by atoms with Crippen molar-refractivity contribution in [3.05, 3.63) is 89.9 Å². The van der Waals surface area contributed by atoms with Gasteiger partial charge in [-0.1, -0.05) is 47.7 Å². The highest BCUT2D eigenvalue weighted by Gasteiger charge is 2.16. The Kier molecular flexibility index (Phi) is 6.81. The molecular formula is C24H24N6OS. The van der Waals surface area contributed by atoms with Gasteiger partial charge in [0.1, 0.15) is 5.82 Å². The highest BCUT2D eigenvalue weighted by Crippen LogP contribution is 2.23. The summed E-state index contributed by atoms with van der Waals surface area (Å²) in [5.41, 5.74) is 4.21. The molecule has 0 atom stereocenters. The average Bonchev–Trinajstić information content (AvgIpc) is 3.21. The predicted molar refractivity (Wildman–Crippen MR) is 128 cm³/mol. The van der Waals surface area contributed by atoms with Crippen molar-refractivity contribution in [1.29, 1.82) is 0 Å². The molecule has 1 amide bonds. The predicted octanol–water partition coefficient (Wildman–Crippen LogP) is 4.62. The first kappa shape index (κ1) is 21.6. The van der Waals surface area contributed by atoms with E-state index in [4.69, 9.17) is 0 Å². The second kappa shape index (κ2) is 10.1. The van der Waals surface area contributed by atoms with Crippen molar-refractivity contribution < 1.29 is 4.79 Å². The summed E-state index contributed by atoms with van der Waals surface area (Å²) in [5, 5.41) is 15.6. The summed E-state index contributed by atoms with van der Waals surface area (Å²) >= 11 is 1.34. The summed E-state index contributed by atoms with van der Waals surface area (Å²) < 4.78 is 1.98. The summed E-state index contributed by atoms with van der Waals surface area (Å²) in [5.74, 6) is 1.37. The zero-order chi connectivity index (χ0) is 22.3. The number of anilines is 2. The molecule has 2 aromatic heterocycles. The number of hydrogen-bond acceptors (Lipinski definition) is 6. The number of para-hydroxylation sites is 1. The van der Waals surface area contributed by atoms with Gasteiger partial charge in [0.05, 0.1) is 12.3 Å². The number of rotatable bonds is 8. The van der Waals surface area contributed by atoms with E-state index in [1.807, 2.05) is 66.1 Å². The van der Waals surface area contributed by atoms with Crippen molar-refractivity contribution in [3.8, 4) is 5.69 Å². The van der Waals surface area contributed by atoms with Gasteiger partial charge in [0, 0.05) is 17.6 Å². The number of carbonyl (C=O) groups excluding carboxylic acids is 1. The minimum atomic E-state index is -0.143. The van der Waals surface area contributed by atoms with E-state index in [1.54, 1.807) is 6.20 Å². The molecule has 0 unspecified atom stereocenters. The first-order chi connectivity index (χ1) is 15.6. The van der Waals surface area contributed by atoms with Gasteiger partial charge in [0.15, 0.2) is 11.0 Å². The van der Waals surface area contributed by atoms with E-state index in [0.29, 0.717) is 17.5 Å². The van der Waals surface area contributed by atoms with E-state index >= 15 is 0 Å². The summed E-state index contributed by atoms with van der Waals surface area (Å²) in [6.45, 7) is 4.52. The molecule has 0 aliphatic heterocycles. The van der Waals surface area contributed by atoms with Gasteiger partial charge in [-0.2, -0.15) is 0 Å². The Labute approximate surface area is 191 Å². The van der Waals surface area contributed by atoms with Crippen LogP contribution in [0, 0.1) is 13.8 Å². The molecule has 0 fully saturated rings. The molecule has 0 bridgehead atoms. The Hall–Kier alpha value is -3.65. The number of thioether (sulfide) groups is 1. The molecule has 0 saturated carbocycles. The van der Waals surface area contributed by atoms with Crippen molar-refractivity contribution in [3.63, 3.8) is 0 Å². The third kappa shape index (κ3) is 5.53. The maximum absolute atomic E-state index is 12.4. The molecule has 0 saturated heterocycles. The molecule has 0 aliphatic rings. The van der Waals surface area contributed by atoms with Crippen LogP contribution in [0.15, 0.2) is 78.1 Å². The third-order valence-electron chi connectivity index (χ3n) is 4.73. The van der Waals surface area contributed by atoms with E-state index in [-0.39, 0.29) is 11.7 Å². The van der Waals surface area contributed by atoms with Crippen molar-refractivity contribution >= 4 is 29.2 Å². The standard InChI is InChI=1S/C24H24N6OS/c1-17-8-10-19(11-9-17)26-15-22-28-29-24(30(22)20-6-4-3-5-7-20)32-16-23(31)27-21-14-18(2)12-13-25-21/h3-14,26H,15-16H2,1-2H3,(H,25,27,31). The van der Waals surface area contributed by atoms with Crippen molar-refractivity contribution in [2.45, 2.75) is 25.5 Å². The number of aryl methyl sites for hydroxylation is 2. The molecule has 4 rings (SSSR count). The Morgan fingerprint density at radius 3 is 2.50 bits per heavy atom. The largest absolute Gasteiger partial charge is 0.378 e. The van der Waals surface area contributed by atoms with Crippen LogP contribution in [0.5, 0.6) is 0 Å². The lowest BCUT2D eigenvalue weighted by molar-refractivity contribution is -0.113. The quantitative estimate of drug-likeness (QED) is 0.386. The average molecular weight is 445 g/mol. The molecule has 0 spiro atoms. The molecule has 0 radical (unpaired) electrons. The van der Waals surface area contributed by atoms with Crippen LogP contribution in [0.3, 0.4) is 0 Å². The van der Waals surface area contributed by atoms with Crippen LogP contribution < -0.4 is 10.6 Å². The van der Waals surface area contributed by atoms with E-state index in [1.165, 1.54) is 17.3 Å². The molecule has 0 aliphatic carbocycles. The first-order valence-corrected chi connectivity index (χ1v) is 11.2. The fourth-order valence-electron chi connectivity index (χ4n) is 3.11. The molecule has 162 valence electrons. The van der Waals surface area contributed by atoms with Gasteiger partial charge in [-0.25, -0.2) is 4.98 Å². The Morgan fingerprint density at radius 1 is 0.969 bits per heavy atom. The third-order valence-corrected chi connectivity index (χ3v) is 5.66. The summed E-state index contributed by atoms with van der Waals surface area (Å²) in [4.78, 5) is 16.6. The molecule has 2 aromatic carbocycles. The Balaban J connectivity index is 1.48. The van der Waals surface area contributed by atoms with Crippen molar-refractivity contribution in [2.24, 2.45) is 0 Å². The number of pyridine rings is 1. The zero-order valence-corrected chi connectivity index (χ0v) is 18.8. The van der Waals surface area contributed by atoms with E-state index in [9.17, 15) is 4.79 Å². The Morgan fingerprint density at radius 2 is 1.75 bits per heavy atom. The maximum atomic E-state index is 12.4. The van der Waals surface area contributed by atoms with Gasteiger partial charge >= 0.3 is 0 Å². The number of nitrogens with one attached hydrogen (secondary N) is 2. The van der Waals surface area contributed by atoms with Crippen LogP contribution in [-0.4, -0.2) is 31.4 Å². The van der Waals surface area contributed by atoms with Crippen LogP contribution in [0.25, 0.3) is 5.69 Å². The fourth-order valence-corrected chi connectivity index (χ4v) is 3.88. The summed E-state index contributed by atoms with van der Waals surface area (Å²) in [6, 6.07) is 21.8. The SMILES string of the molecule is Cc1ccc(NCc2nnc(SCC(=O)Nc3cc(C)ccn3)n2-c2ccccc2)cc1. The molecule has 8 heteroatoms. The molecule has 2 N–H and O–H groups in total. The van der Waals surface area contributed by atoms with Crippen molar-refractivity contribution in [2.75, 3.05) is 16.4 Å². The van der Waals surface area contributed by atoms with Gasteiger partial charge in [-0.05, 0) is 55.8 Å². The number of benzene rings is 2. The number of hydrogen-bond donors (Lipinski definition) is 2. The van der Waals surface area contributed by atoms with Crippen molar-refractivity contribution in [1.82, 2.24) is 19.7 Å². The topological polar surface area (TPSA) is 84.7 Å². The second-order valence-electron chi connectivity index (χ2n) is 7.34. The van der Waals surface area contributed by atoms with Gasteiger partial charge < -0.3 is 10.6 Å². The van der Waals surface area contributed by atoms with E-state index < -0.39 is 0 Å². The fraction of sp³-hybridized carbons (Fsp3) is 0.167. The van der Waals surface area contributed by atoms with Crippen LogP contribution in [0.2, 0.25) is 0 Å². The highest BCUT2D eigenvalue weighted by atomic mass is 32.2. The number of aromatic nitrogens is 4. The van der Waals surface area contributed by atoms with Crippen LogP contribution in [0.1, 0.15) is 17.0 Å². The summed E-state index contributed by atoms with van der Waals surface area (Å²) in [6.07, 6.45) is 1.68. The minimum Gasteiger partial charge on any atom is -0.378 e. The molecule has 32 heavy (non-hydrogen) atoms. The zero-order valence-electron chi connectivity index (χ0n) is 17.9. The van der Waals surface area contributed by atoms with Gasteiger partial charge in [0.25, 0.3) is 0 Å². The molecule has 7 nitrogen and oxygen atoms in total.